The molecule has 1 aromatic heterocycles. The summed E-state index contributed by atoms with van der Waals surface area (Å²) in [6.45, 7) is 5.63. The van der Waals surface area contributed by atoms with Crippen LogP contribution in [0.5, 0.6) is 5.75 Å². The molecule has 5 nitrogen and oxygen atoms in total. The van der Waals surface area contributed by atoms with Crippen molar-refractivity contribution in [3.05, 3.63) is 35.2 Å². The maximum atomic E-state index is 12.1. The van der Waals surface area contributed by atoms with E-state index >= 15 is 0 Å². The van der Waals surface area contributed by atoms with Gasteiger partial charge in [0, 0.05) is 10.9 Å². The number of rotatable bonds is 6. The molecular weight excluding hydrogens is 314 g/mol. The third-order valence-electron chi connectivity index (χ3n) is 3.06. The number of carbonyl (C=O) groups excluding carboxylic acids is 1. The molecule has 0 aliphatic heterocycles. The Hall–Kier alpha value is -2.05. The van der Waals surface area contributed by atoms with Gasteiger partial charge in [0.2, 0.25) is 0 Å². The van der Waals surface area contributed by atoms with Gasteiger partial charge < -0.3 is 20.3 Å². The number of hydrogen-bond donors (Lipinski definition) is 2. The first-order valence-corrected chi connectivity index (χ1v) is 8.19. The fourth-order valence-corrected chi connectivity index (χ4v) is 2.80. The Balaban J connectivity index is 2.22. The number of thiophene rings is 1. The zero-order valence-corrected chi connectivity index (χ0v) is 14.3. The molecule has 6 heteroatoms. The molecule has 0 bridgehead atoms. The Morgan fingerprint density at radius 3 is 2.52 bits per heavy atom. The molecule has 1 heterocycles. The van der Waals surface area contributed by atoms with Crippen molar-refractivity contribution >= 4 is 22.3 Å². The average Bonchev–Trinajstić information content (AvgIpc) is 2.87. The maximum Gasteiger partial charge on any atom is 0.341 e. The minimum atomic E-state index is -0.891. The van der Waals surface area contributed by atoms with Crippen LogP contribution in [0.3, 0.4) is 0 Å². The molecule has 0 unspecified atom stereocenters. The molecule has 0 aliphatic carbocycles. The van der Waals surface area contributed by atoms with Crippen molar-refractivity contribution in [2.45, 2.75) is 26.4 Å². The number of nitrogens with two attached hydrogens (primary N) is 1. The zero-order valence-electron chi connectivity index (χ0n) is 13.5. The molecule has 0 spiro atoms. The van der Waals surface area contributed by atoms with Crippen LogP contribution in [0.4, 0.5) is 5.00 Å². The van der Waals surface area contributed by atoms with Gasteiger partial charge >= 0.3 is 5.97 Å². The topological polar surface area (TPSA) is 81.8 Å². The molecule has 23 heavy (non-hydrogen) atoms. The Morgan fingerprint density at radius 1 is 1.30 bits per heavy atom. The van der Waals surface area contributed by atoms with Crippen LogP contribution in [0.1, 0.15) is 31.1 Å². The van der Waals surface area contributed by atoms with Crippen LogP contribution < -0.4 is 10.5 Å². The van der Waals surface area contributed by atoms with Crippen LogP contribution in [0, 0.1) is 0 Å². The monoisotopic (exact) mass is 335 g/mol. The first kappa shape index (κ1) is 17.3. The van der Waals surface area contributed by atoms with E-state index in [4.69, 9.17) is 15.2 Å². The Morgan fingerprint density at radius 2 is 1.96 bits per heavy atom. The lowest BCUT2D eigenvalue weighted by Crippen LogP contribution is -2.27. The highest BCUT2D eigenvalue weighted by Gasteiger charge is 2.20. The van der Waals surface area contributed by atoms with Gasteiger partial charge in [-0.15, -0.1) is 11.3 Å². The third kappa shape index (κ3) is 4.46. The molecule has 0 fully saturated rings. The van der Waals surface area contributed by atoms with Crippen molar-refractivity contribution < 1.29 is 19.4 Å². The van der Waals surface area contributed by atoms with Gasteiger partial charge in [-0.05, 0) is 38.5 Å². The zero-order chi connectivity index (χ0) is 17.0. The van der Waals surface area contributed by atoms with E-state index in [0.717, 1.165) is 11.1 Å². The first-order valence-electron chi connectivity index (χ1n) is 7.31. The van der Waals surface area contributed by atoms with Crippen molar-refractivity contribution in [3.8, 4) is 16.9 Å². The van der Waals surface area contributed by atoms with Crippen molar-refractivity contribution in [1.82, 2.24) is 0 Å². The molecule has 0 amide bonds. The van der Waals surface area contributed by atoms with Gasteiger partial charge in [0.1, 0.15) is 22.9 Å². The molecule has 0 saturated heterocycles. The van der Waals surface area contributed by atoms with Gasteiger partial charge in [0.15, 0.2) is 0 Å². The number of anilines is 1. The highest BCUT2D eigenvalue weighted by atomic mass is 32.1. The van der Waals surface area contributed by atoms with E-state index in [9.17, 15) is 9.90 Å². The lowest BCUT2D eigenvalue weighted by molar-refractivity contribution is 0.0285. The minimum absolute atomic E-state index is 0.200. The summed E-state index contributed by atoms with van der Waals surface area (Å²) >= 11 is 1.31. The van der Waals surface area contributed by atoms with Crippen LogP contribution in [0.2, 0.25) is 0 Å². The summed E-state index contributed by atoms with van der Waals surface area (Å²) < 4.78 is 10.6. The maximum absolute atomic E-state index is 12.1. The second-order valence-corrected chi connectivity index (χ2v) is 6.65. The summed E-state index contributed by atoms with van der Waals surface area (Å²) in [6.07, 6.45) is 0. The molecule has 2 aromatic rings. The number of ether oxygens (including phenoxy) is 2. The third-order valence-corrected chi connectivity index (χ3v) is 3.87. The van der Waals surface area contributed by atoms with E-state index in [1.807, 2.05) is 17.5 Å². The fraction of sp³-hybridized carbons (Fsp3) is 0.353. The largest absolute Gasteiger partial charge is 0.491 e. The van der Waals surface area contributed by atoms with Crippen LogP contribution in [0.25, 0.3) is 11.1 Å². The smallest absolute Gasteiger partial charge is 0.341 e. The van der Waals surface area contributed by atoms with E-state index in [0.29, 0.717) is 22.9 Å². The Bertz CT molecular complexity index is 671. The SMILES string of the molecule is CCOC(=O)c1c(-c2ccc(OCC(C)(C)O)cc2)csc1N. The quantitative estimate of drug-likeness (QED) is 0.791. The van der Waals surface area contributed by atoms with Crippen molar-refractivity contribution in [2.24, 2.45) is 0 Å². The summed E-state index contributed by atoms with van der Waals surface area (Å²) in [7, 11) is 0. The van der Waals surface area contributed by atoms with E-state index in [-0.39, 0.29) is 6.61 Å². The predicted molar refractivity (Wildman–Crippen MR) is 91.9 cm³/mol. The van der Waals surface area contributed by atoms with Gasteiger partial charge in [-0.2, -0.15) is 0 Å². The summed E-state index contributed by atoms with van der Waals surface area (Å²) in [4.78, 5) is 12.1. The minimum Gasteiger partial charge on any atom is -0.491 e. The highest BCUT2D eigenvalue weighted by molar-refractivity contribution is 7.14. The van der Waals surface area contributed by atoms with Crippen LogP contribution >= 0.6 is 11.3 Å². The van der Waals surface area contributed by atoms with Crippen LogP contribution in [0.15, 0.2) is 29.6 Å². The lowest BCUT2D eigenvalue weighted by atomic mass is 10.0. The van der Waals surface area contributed by atoms with Gasteiger partial charge in [-0.3, -0.25) is 0 Å². The fourth-order valence-electron chi connectivity index (χ4n) is 1.99. The van der Waals surface area contributed by atoms with Gasteiger partial charge in [-0.25, -0.2) is 4.79 Å². The summed E-state index contributed by atoms with van der Waals surface area (Å²) in [5.74, 6) is 0.236. The lowest BCUT2D eigenvalue weighted by Gasteiger charge is -2.17. The molecule has 0 saturated carbocycles. The number of nitrogen functional groups attached to an aromatic ring is 1. The summed E-state index contributed by atoms with van der Waals surface area (Å²) in [5.41, 5.74) is 7.02. The van der Waals surface area contributed by atoms with Crippen molar-refractivity contribution in [3.63, 3.8) is 0 Å². The van der Waals surface area contributed by atoms with Crippen LogP contribution in [-0.2, 0) is 4.74 Å². The first-order chi connectivity index (χ1) is 10.8. The van der Waals surface area contributed by atoms with Crippen molar-refractivity contribution in [2.75, 3.05) is 18.9 Å². The van der Waals surface area contributed by atoms with E-state index in [1.165, 1.54) is 11.3 Å². The molecular formula is C17H21NO4S. The summed E-state index contributed by atoms with van der Waals surface area (Å²) in [6, 6.07) is 7.29. The molecule has 2 rings (SSSR count). The molecule has 124 valence electrons. The normalized spacial score (nSPS) is 11.3. The molecule has 3 N–H and O–H groups in total. The molecule has 1 aromatic carbocycles. The molecule has 0 atom stereocenters. The number of hydrogen-bond acceptors (Lipinski definition) is 6. The predicted octanol–water partition coefficient (Wildman–Crippen LogP) is 3.32. The van der Waals surface area contributed by atoms with Gasteiger partial charge in [0.05, 0.1) is 12.2 Å². The van der Waals surface area contributed by atoms with Crippen molar-refractivity contribution in [1.29, 1.82) is 0 Å². The Labute approximate surface area is 139 Å². The van der Waals surface area contributed by atoms with Gasteiger partial charge in [0.25, 0.3) is 0 Å². The highest BCUT2D eigenvalue weighted by Crippen LogP contribution is 2.34. The van der Waals surface area contributed by atoms with Crippen LogP contribution in [-0.4, -0.2) is 29.9 Å². The number of aliphatic hydroxyl groups is 1. The summed E-state index contributed by atoms with van der Waals surface area (Å²) in [5, 5.41) is 12.0. The number of benzene rings is 1. The number of carbonyl (C=O) groups is 1. The second kappa shape index (κ2) is 7.02. The standard InChI is InChI=1S/C17H21NO4S/c1-4-21-16(19)14-13(9-23-15(14)18)11-5-7-12(8-6-11)22-10-17(2,3)20/h5-9,20H,4,10,18H2,1-3H3. The van der Waals surface area contributed by atoms with E-state index in [2.05, 4.69) is 0 Å². The van der Waals surface area contributed by atoms with E-state index in [1.54, 1.807) is 32.9 Å². The van der Waals surface area contributed by atoms with Gasteiger partial charge in [-0.1, -0.05) is 12.1 Å². The Kier molecular flexibility index (Phi) is 5.28. The number of esters is 1. The molecule has 0 aliphatic rings. The van der Waals surface area contributed by atoms with E-state index < -0.39 is 11.6 Å². The molecule has 0 radical (unpaired) electrons. The second-order valence-electron chi connectivity index (χ2n) is 5.73. The average molecular weight is 335 g/mol.